The monoisotopic (exact) mass is 311 g/mol. The van der Waals surface area contributed by atoms with E-state index < -0.39 is 0 Å². The maximum absolute atomic E-state index is 6.14. The van der Waals surface area contributed by atoms with Crippen molar-refractivity contribution < 1.29 is 0 Å². The summed E-state index contributed by atoms with van der Waals surface area (Å²) in [4.78, 5) is 6.24. The molecule has 1 aromatic carbocycles. The summed E-state index contributed by atoms with van der Waals surface area (Å²) < 4.78 is 2.11. The molecule has 22 heavy (non-hydrogen) atoms. The molecule has 0 N–H and O–H groups in total. The van der Waals surface area contributed by atoms with Gasteiger partial charge in [-0.3, -0.25) is 0 Å². The summed E-state index contributed by atoms with van der Waals surface area (Å²) in [7, 11) is 5.94. The van der Waals surface area contributed by atoms with Gasteiger partial charge in [-0.15, -0.1) is 0 Å². The number of anilines is 1. The van der Waals surface area contributed by atoms with E-state index >= 15 is 0 Å². The van der Waals surface area contributed by atoms with Crippen molar-refractivity contribution in [2.75, 3.05) is 19.0 Å². The number of aromatic nitrogens is 2. The Labute approximate surface area is 135 Å². The van der Waals surface area contributed by atoms with E-state index in [-0.39, 0.29) is 0 Å². The molecule has 0 unspecified atom stereocenters. The lowest BCUT2D eigenvalue weighted by atomic mass is 9.99. The zero-order valence-electron chi connectivity index (χ0n) is 13.0. The van der Waals surface area contributed by atoms with Crippen molar-refractivity contribution in [1.29, 1.82) is 0 Å². The molecule has 3 nitrogen and oxygen atoms in total. The zero-order valence-corrected chi connectivity index (χ0v) is 13.7. The van der Waals surface area contributed by atoms with Gasteiger partial charge in [0, 0.05) is 38.2 Å². The van der Waals surface area contributed by atoms with Crippen LogP contribution in [-0.4, -0.2) is 23.6 Å². The van der Waals surface area contributed by atoms with Gasteiger partial charge in [0.2, 0.25) is 0 Å². The Balaban J connectivity index is 2.05. The number of pyridine rings is 1. The number of rotatable bonds is 3. The number of hydrogen-bond acceptors (Lipinski definition) is 2. The third kappa shape index (κ3) is 2.60. The van der Waals surface area contributed by atoms with E-state index in [4.69, 9.17) is 11.6 Å². The van der Waals surface area contributed by atoms with Crippen molar-refractivity contribution in [3.8, 4) is 0 Å². The number of hydrogen-bond donors (Lipinski definition) is 0. The van der Waals surface area contributed by atoms with E-state index in [1.807, 2.05) is 38.2 Å². The Kier molecular flexibility index (Phi) is 3.67. The maximum atomic E-state index is 6.14. The van der Waals surface area contributed by atoms with Crippen LogP contribution in [0.2, 0.25) is 5.15 Å². The fraction of sp³-hybridized carbons (Fsp3) is 0.167. The molecule has 0 atom stereocenters. The molecule has 0 aliphatic heterocycles. The van der Waals surface area contributed by atoms with Gasteiger partial charge in [-0.2, -0.15) is 0 Å². The summed E-state index contributed by atoms with van der Waals surface area (Å²) in [5, 5.41) is 1.68. The molecule has 0 aliphatic rings. The van der Waals surface area contributed by atoms with Gasteiger partial charge in [0.15, 0.2) is 0 Å². The summed E-state index contributed by atoms with van der Waals surface area (Å²) in [6.07, 6.45) is 2.06. The fourth-order valence-electron chi connectivity index (χ4n) is 2.52. The highest BCUT2D eigenvalue weighted by Gasteiger charge is 2.09. The van der Waals surface area contributed by atoms with Crippen LogP contribution < -0.4 is 4.90 Å². The van der Waals surface area contributed by atoms with Crippen LogP contribution in [0.4, 0.5) is 5.82 Å². The minimum absolute atomic E-state index is 0.475. The van der Waals surface area contributed by atoms with Gasteiger partial charge in [-0.1, -0.05) is 24.2 Å². The Morgan fingerprint density at radius 1 is 1.14 bits per heavy atom. The first-order valence-corrected chi connectivity index (χ1v) is 7.43. The molecule has 0 aliphatic carbocycles. The standard InChI is InChI=1S/C18H18ClN3/c1-12(15-10-17(19)20-18(11-15)21(2)3)13-5-6-16-14(9-13)7-8-22(16)4/h5-11H,1H2,2-4H3. The van der Waals surface area contributed by atoms with Crippen molar-refractivity contribution in [1.82, 2.24) is 9.55 Å². The van der Waals surface area contributed by atoms with E-state index in [9.17, 15) is 0 Å². The van der Waals surface area contributed by atoms with Crippen LogP contribution in [0.15, 0.2) is 49.2 Å². The zero-order chi connectivity index (χ0) is 15.9. The van der Waals surface area contributed by atoms with Crippen molar-refractivity contribution in [3.63, 3.8) is 0 Å². The summed E-state index contributed by atoms with van der Waals surface area (Å²) in [6.45, 7) is 4.24. The number of halogens is 1. The van der Waals surface area contributed by atoms with E-state index in [2.05, 4.69) is 46.6 Å². The molecule has 0 saturated carbocycles. The summed E-state index contributed by atoms with van der Waals surface area (Å²) in [5.41, 5.74) is 4.22. The number of benzene rings is 1. The highest BCUT2D eigenvalue weighted by atomic mass is 35.5. The van der Waals surface area contributed by atoms with E-state index in [1.54, 1.807) is 0 Å². The normalized spacial score (nSPS) is 10.9. The van der Waals surface area contributed by atoms with Crippen LogP contribution in [-0.2, 0) is 7.05 Å². The summed E-state index contributed by atoms with van der Waals surface area (Å²) >= 11 is 6.14. The van der Waals surface area contributed by atoms with Gasteiger partial charge in [0.05, 0.1) is 0 Å². The van der Waals surface area contributed by atoms with E-state index in [1.165, 1.54) is 10.9 Å². The summed E-state index contributed by atoms with van der Waals surface area (Å²) in [5.74, 6) is 0.824. The Hall–Kier alpha value is -2.26. The highest BCUT2D eigenvalue weighted by Crippen LogP contribution is 2.28. The third-order valence-corrected chi connectivity index (χ3v) is 4.01. The molecule has 0 fully saturated rings. The molecule has 0 bridgehead atoms. The molecule has 3 rings (SSSR count). The lowest BCUT2D eigenvalue weighted by Crippen LogP contribution is -2.11. The molecule has 4 heteroatoms. The Morgan fingerprint density at radius 3 is 2.64 bits per heavy atom. The smallest absolute Gasteiger partial charge is 0.132 e. The maximum Gasteiger partial charge on any atom is 0.132 e. The second-order valence-electron chi connectivity index (χ2n) is 5.61. The first-order valence-electron chi connectivity index (χ1n) is 7.05. The average molecular weight is 312 g/mol. The van der Waals surface area contributed by atoms with Crippen molar-refractivity contribution in [2.45, 2.75) is 0 Å². The van der Waals surface area contributed by atoms with E-state index in [0.717, 1.165) is 22.5 Å². The van der Waals surface area contributed by atoms with Crippen molar-refractivity contribution in [2.24, 2.45) is 7.05 Å². The SMILES string of the molecule is C=C(c1cc(Cl)nc(N(C)C)c1)c1ccc2c(ccn2C)c1. The second-order valence-corrected chi connectivity index (χ2v) is 6.00. The van der Waals surface area contributed by atoms with Crippen LogP contribution in [0.3, 0.4) is 0 Å². The fourth-order valence-corrected chi connectivity index (χ4v) is 2.73. The highest BCUT2D eigenvalue weighted by molar-refractivity contribution is 6.29. The van der Waals surface area contributed by atoms with Crippen LogP contribution in [0.5, 0.6) is 0 Å². The molecular formula is C18H18ClN3. The number of aryl methyl sites for hydroxylation is 1. The lowest BCUT2D eigenvalue weighted by Gasteiger charge is -2.14. The Bertz CT molecular complexity index is 862. The van der Waals surface area contributed by atoms with Gasteiger partial charge in [0.1, 0.15) is 11.0 Å². The second kappa shape index (κ2) is 5.50. The largest absolute Gasteiger partial charge is 0.363 e. The van der Waals surface area contributed by atoms with Crippen LogP contribution in [0, 0.1) is 0 Å². The predicted octanol–water partition coefficient (Wildman–Crippen LogP) is 4.35. The molecule has 3 aromatic rings. The minimum atomic E-state index is 0.475. The lowest BCUT2D eigenvalue weighted by molar-refractivity contribution is 0.969. The van der Waals surface area contributed by atoms with Gasteiger partial charge < -0.3 is 9.47 Å². The number of nitrogens with zero attached hydrogens (tertiary/aromatic N) is 3. The van der Waals surface area contributed by atoms with Crippen LogP contribution in [0.25, 0.3) is 16.5 Å². The molecular weight excluding hydrogens is 294 g/mol. The van der Waals surface area contributed by atoms with Crippen molar-refractivity contribution in [3.05, 3.63) is 65.5 Å². The molecule has 112 valence electrons. The third-order valence-electron chi connectivity index (χ3n) is 3.82. The molecule has 0 saturated heterocycles. The van der Waals surface area contributed by atoms with Crippen molar-refractivity contribution >= 4 is 33.9 Å². The number of fused-ring (bicyclic) bond motifs is 1. The molecule has 2 heterocycles. The van der Waals surface area contributed by atoms with Gasteiger partial charge in [0.25, 0.3) is 0 Å². The predicted molar refractivity (Wildman–Crippen MR) is 94.6 cm³/mol. The van der Waals surface area contributed by atoms with Gasteiger partial charge in [-0.05, 0) is 47.0 Å². The first kappa shape index (κ1) is 14.7. The van der Waals surface area contributed by atoms with Gasteiger partial charge >= 0.3 is 0 Å². The molecule has 2 aromatic heterocycles. The molecule has 0 radical (unpaired) electrons. The molecule has 0 amide bonds. The van der Waals surface area contributed by atoms with E-state index in [0.29, 0.717) is 5.15 Å². The van der Waals surface area contributed by atoms with Crippen LogP contribution >= 0.6 is 11.6 Å². The molecule has 0 spiro atoms. The topological polar surface area (TPSA) is 21.1 Å². The first-order chi connectivity index (χ1) is 10.5. The quantitative estimate of drug-likeness (QED) is 0.670. The Morgan fingerprint density at radius 2 is 1.91 bits per heavy atom. The minimum Gasteiger partial charge on any atom is -0.363 e. The summed E-state index contributed by atoms with van der Waals surface area (Å²) in [6, 6.07) is 12.3. The van der Waals surface area contributed by atoms with Crippen LogP contribution in [0.1, 0.15) is 11.1 Å². The van der Waals surface area contributed by atoms with Gasteiger partial charge in [-0.25, -0.2) is 4.98 Å². The average Bonchev–Trinajstić information content (AvgIpc) is 2.86.